The van der Waals surface area contributed by atoms with Crippen LogP contribution in [0.1, 0.15) is 22.5 Å². The number of carbonyl (C=O) groups is 2. The lowest BCUT2D eigenvalue weighted by atomic mass is 10.1. The maximum Gasteiger partial charge on any atom is 0.268 e. The average molecular weight is 377 g/mol. The number of imidazole rings is 1. The van der Waals surface area contributed by atoms with E-state index in [1.54, 1.807) is 29.9 Å². The molecule has 3 rings (SSSR count). The van der Waals surface area contributed by atoms with E-state index in [9.17, 15) is 14.7 Å². The second-order valence-electron chi connectivity index (χ2n) is 6.24. The van der Waals surface area contributed by atoms with Crippen molar-refractivity contribution in [2.45, 2.75) is 12.5 Å². The van der Waals surface area contributed by atoms with Crippen LogP contribution in [0.4, 0.5) is 0 Å². The SMILES string of the molecule is CN(C=O)CCC(O)C#Cc1cccc(-c2nc(C(N)=O)cn3ccnc23)c1. The monoisotopic (exact) mass is 377 g/mol. The van der Waals surface area contributed by atoms with Crippen LogP contribution in [-0.4, -0.2) is 56.4 Å². The lowest BCUT2D eigenvalue weighted by molar-refractivity contribution is -0.117. The Labute approximate surface area is 161 Å². The zero-order chi connectivity index (χ0) is 20.1. The number of aromatic nitrogens is 3. The van der Waals surface area contributed by atoms with Crippen molar-refractivity contribution < 1.29 is 14.7 Å². The second-order valence-corrected chi connectivity index (χ2v) is 6.24. The minimum atomic E-state index is -0.846. The van der Waals surface area contributed by atoms with Crippen LogP contribution in [0.3, 0.4) is 0 Å². The zero-order valence-electron chi connectivity index (χ0n) is 15.2. The van der Waals surface area contributed by atoms with E-state index in [-0.39, 0.29) is 5.69 Å². The third kappa shape index (κ3) is 4.34. The van der Waals surface area contributed by atoms with Crippen molar-refractivity contribution in [3.8, 4) is 23.1 Å². The summed E-state index contributed by atoms with van der Waals surface area (Å²) in [6, 6.07) is 7.26. The first-order chi connectivity index (χ1) is 13.5. The number of nitrogens with zero attached hydrogens (tertiary/aromatic N) is 4. The van der Waals surface area contributed by atoms with E-state index in [0.717, 1.165) is 5.56 Å². The summed E-state index contributed by atoms with van der Waals surface area (Å²) >= 11 is 0. The molecule has 3 N–H and O–H groups in total. The molecule has 0 spiro atoms. The molecule has 0 aliphatic rings. The van der Waals surface area contributed by atoms with Gasteiger partial charge in [-0.15, -0.1) is 0 Å². The first-order valence-corrected chi connectivity index (χ1v) is 8.57. The molecule has 0 fully saturated rings. The van der Waals surface area contributed by atoms with Gasteiger partial charge in [0, 0.05) is 49.7 Å². The minimum Gasteiger partial charge on any atom is -0.380 e. The summed E-state index contributed by atoms with van der Waals surface area (Å²) in [4.78, 5) is 32.2. The van der Waals surface area contributed by atoms with Crippen LogP contribution in [0, 0.1) is 11.8 Å². The molecule has 1 atom stereocenters. The van der Waals surface area contributed by atoms with Crippen molar-refractivity contribution in [1.82, 2.24) is 19.3 Å². The molecular weight excluding hydrogens is 358 g/mol. The highest BCUT2D eigenvalue weighted by molar-refractivity contribution is 5.92. The van der Waals surface area contributed by atoms with E-state index in [1.165, 1.54) is 11.1 Å². The second kappa shape index (κ2) is 8.33. The Hall–Kier alpha value is -3.70. The Morgan fingerprint density at radius 2 is 2.29 bits per heavy atom. The van der Waals surface area contributed by atoms with Gasteiger partial charge in [-0.1, -0.05) is 24.0 Å². The molecule has 1 unspecified atom stereocenters. The van der Waals surface area contributed by atoms with Gasteiger partial charge in [0.25, 0.3) is 5.91 Å². The smallest absolute Gasteiger partial charge is 0.268 e. The number of primary amides is 1. The summed E-state index contributed by atoms with van der Waals surface area (Å²) in [7, 11) is 1.64. The Morgan fingerprint density at radius 1 is 1.46 bits per heavy atom. The van der Waals surface area contributed by atoms with E-state index < -0.39 is 12.0 Å². The zero-order valence-corrected chi connectivity index (χ0v) is 15.2. The van der Waals surface area contributed by atoms with Gasteiger partial charge in [-0.3, -0.25) is 9.59 Å². The average Bonchev–Trinajstić information content (AvgIpc) is 3.18. The van der Waals surface area contributed by atoms with Gasteiger partial charge in [-0.25, -0.2) is 9.97 Å². The molecular formula is C20H19N5O3. The van der Waals surface area contributed by atoms with E-state index in [1.807, 2.05) is 18.2 Å². The molecule has 0 radical (unpaired) electrons. The van der Waals surface area contributed by atoms with Crippen LogP contribution in [0.25, 0.3) is 16.9 Å². The van der Waals surface area contributed by atoms with Gasteiger partial charge in [-0.05, 0) is 12.1 Å². The lowest BCUT2D eigenvalue weighted by Crippen LogP contribution is -2.21. The van der Waals surface area contributed by atoms with Crippen LogP contribution in [-0.2, 0) is 4.79 Å². The number of aliphatic hydroxyl groups is 1. The van der Waals surface area contributed by atoms with Crippen molar-refractivity contribution in [3.05, 3.63) is 54.1 Å². The lowest BCUT2D eigenvalue weighted by Gasteiger charge is -2.10. The maximum atomic E-state index is 11.6. The fourth-order valence-corrected chi connectivity index (χ4v) is 2.61. The predicted octanol–water partition coefficient (Wildman–Crippen LogP) is 0.686. The summed E-state index contributed by atoms with van der Waals surface area (Å²) in [6.07, 6.45) is 5.07. The van der Waals surface area contributed by atoms with Crippen molar-refractivity contribution in [3.63, 3.8) is 0 Å². The first kappa shape index (κ1) is 19.1. The molecule has 0 aliphatic carbocycles. The highest BCUT2D eigenvalue weighted by Gasteiger charge is 2.13. The van der Waals surface area contributed by atoms with Gasteiger partial charge < -0.3 is 20.1 Å². The molecule has 0 saturated carbocycles. The Bertz CT molecular complexity index is 1080. The summed E-state index contributed by atoms with van der Waals surface area (Å²) in [5.74, 6) is 5.06. The summed E-state index contributed by atoms with van der Waals surface area (Å²) in [6.45, 7) is 0.418. The van der Waals surface area contributed by atoms with Crippen LogP contribution >= 0.6 is 0 Å². The fraction of sp³-hybridized carbons (Fsp3) is 0.200. The van der Waals surface area contributed by atoms with Crippen LogP contribution in [0.15, 0.2) is 42.9 Å². The van der Waals surface area contributed by atoms with Gasteiger partial charge in [0.1, 0.15) is 17.5 Å². The molecule has 142 valence electrons. The molecule has 0 aliphatic heterocycles. The quantitative estimate of drug-likeness (QED) is 0.484. The van der Waals surface area contributed by atoms with Crippen molar-refractivity contribution in [2.75, 3.05) is 13.6 Å². The van der Waals surface area contributed by atoms with Gasteiger partial charge in [-0.2, -0.15) is 0 Å². The molecule has 2 amide bonds. The number of rotatable bonds is 6. The first-order valence-electron chi connectivity index (χ1n) is 8.57. The Balaban J connectivity index is 1.90. The van der Waals surface area contributed by atoms with E-state index in [4.69, 9.17) is 5.73 Å². The third-order valence-corrected chi connectivity index (χ3v) is 4.08. The molecule has 1 aromatic carbocycles. The highest BCUT2D eigenvalue weighted by atomic mass is 16.3. The molecule has 8 nitrogen and oxygen atoms in total. The van der Waals surface area contributed by atoms with Crippen molar-refractivity contribution in [2.24, 2.45) is 5.73 Å². The number of nitrogens with two attached hydrogens (primary N) is 1. The van der Waals surface area contributed by atoms with Gasteiger partial charge in [0.15, 0.2) is 5.65 Å². The van der Waals surface area contributed by atoms with Crippen LogP contribution in [0.2, 0.25) is 0 Å². The summed E-state index contributed by atoms with van der Waals surface area (Å²) in [5.41, 5.74) is 8.01. The number of amides is 2. The number of carbonyl (C=O) groups excluding carboxylic acids is 2. The maximum absolute atomic E-state index is 11.6. The topological polar surface area (TPSA) is 114 Å². The third-order valence-electron chi connectivity index (χ3n) is 4.08. The minimum absolute atomic E-state index is 0.131. The van der Waals surface area contributed by atoms with Gasteiger partial charge >= 0.3 is 0 Å². The van der Waals surface area contributed by atoms with Crippen LogP contribution in [0.5, 0.6) is 0 Å². The van der Waals surface area contributed by atoms with E-state index in [0.29, 0.717) is 36.3 Å². The molecule has 2 heterocycles. The molecule has 3 aromatic rings. The van der Waals surface area contributed by atoms with Crippen molar-refractivity contribution >= 4 is 18.0 Å². The molecule has 2 aromatic heterocycles. The summed E-state index contributed by atoms with van der Waals surface area (Å²) < 4.78 is 1.69. The number of fused-ring (bicyclic) bond motifs is 1. The van der Waals surface area contributed by atoms with E-state index >= 15 is 0 Å². The van der Waals surface area contributed by atoms with Crippen LogP contribution < -0.4 is 5.73 Å². The highest BCUT2D eigenvalue weighted by Crippen LogP contribution is 2.23. The number of aliphatic hydroxyl groups excluding tert-OH is 1. The molecule has 8 heteroatoms. The van der Waals surface area contributed by atoms with Gasteiger partial charge in [0.2, 0.25) is 6.41 Å². The number of hydrogen-bond acceptors (Lipinski definition) is 5. The Kier molecular flexibility index (Phi) is 5.67. The largest absolute Gasteiger partial charge is 0.380 e. The normalized spacial score (nSPS) is 11.5. The standard InChI is InChI=1S/C20H19N5O3/c1-24(13-26)9-7-16(27)6-5-14-3-2-4-15(11-14)18-20-22-8-10-25(20)12-17(23-18)19(21)28/h2-4,8,10-13,16,27H,7,9H2,1H3,(H2,21,28). The Morgan fingerprint density at radius 3 is 3.04 bits per heavy atom. The number of benzene rings is 1. The van der Waals surface area contributed by atoms with Gasteiger partial charge in [0.05, 0.1) is 0 Å². The molecule has 28 heavy (non-hydrogen) atoms. The van der Waals surface area contributed by atoms with Crippen molar-refractivity contribution in [1.29, 1.82) is 0 Å². The molecule has 0 saturated heterocycles. The predicted molar refractivity (Wildman–Crippen MR) is 103 cm³/mol. The molecule has 0 bridgehead atoms. The number of hydrogen-bond donors (Lipinski definition) is 2. The fourth-order valence-electron chi connectivity index (χ4n) is 2.61. The summed E-state index contributed by atoms with van der Waals surface area (Å²) in [5, 5.41) is 9.96. The van der Waals surface area contributed by atoms with E-state index in [2.05, 4.69) is 21.8 Å².